The van der Waals surface area contributed by atoms with Gasteiger partial charge < -0.3 is 5.11 Å². The van der Waals surface area contributed by atoms with E-state index in [0.717, 1.165) is 41.7 Å². The Morgan fingerprint density at radius 3 is 2.48 bits per heavy atom. The highest BCUT2D eigenvalue weighted by molar-refractivity contribution is 9.10. The number of rotatable bonds is 5. The van der Waals surface area contributed by atoms with Gasteiger partial charge in [0.05, 0.1) is 22.0 Å². The predicted molar refractivity (Wildman–Crippen MR) is 90.4 cm³/mol. The molecule has 0 aliphatic heterocycles. The maximum absolute atomic E-state index is 10.7. The summed E-state index contributed by atoms with van der Waals surface area (Å²) in [7, 11) is 0. The Balaban J connectivity index is 2.06. The first-order chi connectivity index (χ1) is 9.88. The molecule has 1 aromatic heterocycles. The van der Waals surface area contributed by atoms with Crippen molar-refractivity contribution in [2.45, 2.75) is 78.9 Å². The van der Waals surface area contributed by atoms with Crippen LogP contribution in [0.2, 0.25) is 0 Å². The fourth-order valence-corrected chi connectivity index (χ4v) is 4.11. The van der Waals surface area contributed by atoms with Crippen molar-refractivity contribution in [3.63, 3.8) is 0 Å². The van der Waals surface area contributed by atoms with E-state index in [0.29, 0.717) is 17.8 Å². The van der Waals surface area contributed by atoms with Gasteiger partial charge in [0, 0.05) is 13.0 Å². The van der Waals surface area contributed by atoms with E-state index >= 15 is 0 Å². The number of aromatic nitrogens is 2. The first-order valence-electron chi connectivity index (χ1n) is 8.30. The molecule has 1 aliphatic rings. The molecule has 21 heavy (non-hydrogen) atoms. The molecule has 1 unspecified atom stereocenters. The first kappa shape index (κ1) is 17.0. The molecule has 0 spiro atoms. The number of nitrogens with zero attached hydrogens (tertiary/aromatic N) is 2. The second kappa shape index (κ2) is 6.82. The Hall–Kier alpha value is -0.350. The van der Waals surface area contributed by atoms with Crippen molar-refractivity contribution >= 4 is 15.9 Å². The lowest BCUT2D eigenvalue weighted by Gasteiger charge is -2.36. The molecule has 1 aromatic rings. The molecule has 0 radical (unpaired) electrons. The summed E-state index contributed by atoms with van der Waals surface area (Å²) < 4.78 is 3.14. The summed E-state index contributed by atoms with van der Waals surface area (Å²) in [5.74, 6) is 0.440. The van der Waals surface area contributed by atoms with E-state index in [4.69, 9.17) is 0 Å². The number of aliphatic hydroxyl groups is 1. The van der Waals surface area contributed by atoms with Crippen LogP contribution in [-0.4, -0.2) is 21.0 Å². The number of halogens is 1. The van der Waals surface area contributed by atoms with Crippen LogP contribution in [0.3, 0.4) is 0 Å². The van der Waals surface area contributed by atoms with Crippen LogP contribution in [0.4, 0.5) is 0 Å². The van der Waals surface area contributed by atoms with Gasteiger partial charge in [0.1, 0.15) is 0 Å². The lowest BCUT2D eigenvalue weighted by atomic mass is 9.71. The monoisotopic (exact) mass is 356 g/mol. The van der Waals surface area contributed by atoms with Crippen LogP contribution < -0.4 is 0 Å². The molecule has 1 heterocycles. The molecular weight excluding hydrogens is 328 g/mol. The zero-order valence-corrected chi connectivity index (χ0v) is 15.4. The molecule has 1 aliphatic carbocycles. The van der Waals surface area contributed by atoms with Gasteiger partial charge in [-0.3, -0.25) is 4.68 Å². The minimum atomic E-state index is -0.246. The fourth-order valence-electron chi connectivity index (χ4n) is 3.38. The smallest absolute Gasteiger partial charge is 0.0766 e. The van der Waals surface area contributed by atoms with Crippen molar-refractivity contribution in [1.82, 2.24) is 9.78 Å². The zero-order valence-electron chi connectivity index (χ0n) is 13.8. The number of hydrogen-bond acceptors (Lipinski definition) is 2. The average molecular weight is 357 g/mol. The van der Waals surface area contributed by atoms with E-state index in [1.54, 1.807) is 0 Å². The van der Waals surface area contributed by atoms with E-state index in [9.17, 15) is 5.11 Å². The molecule has 1 atom stereocenters. The van der Waals surface area contributed by atoms with Crippen LogP contribution >= 0.6 is 15.9 Å². The summed E-state index contributed by atoms with van der Waals surface area (Å²) in [6.45, 7) is 9.77. The third-order valence-electron chi connectivity index (χ3n) is 5.02. The third-order valence-corrected chi connectivity index (χ3v) is 5.94. The normalized spacial score (nSPS) is 20.7. The maximum Gasteiger partial charge on any atom is 0.0766 e. The largest absolute Gasteiger partial charge is 0.392 e. The predicted octanol–water partition coefficient (Wildman–Crippen LogP) is 4.35. The van der Waals surface area contributed by atoms with Crippen molar-refractivity contribution in [2.24, 2.45) is 11.3 Å². The molecule has 1 N–H and O–H groups in total. The Morgan fingerprint density at radius 2 is 1.95 bits per heavy atom. The molecule has 2 rings (SSSR count). The van der Waals surface area contributed by atoms with Gasteiger partial charge in [-0.1, -0.05) is 20.8 Å². The van der Waals surface area contributed by atoms with Gasteiger partial charge in [0.25, 0.3) is 0 Å². The van der Waals surface area contributed by atoms with Crippen LogP contribution in [0.25, 0.3) is 0 Å². The molecule has 1 saturated carbocycles. The highest BCUT2D eigenvalue weighted by Crippen LogP contribution is 2.40. The third kappa shape index (κ3) is 3.89. The van der Waals surface area contributed by atoms with Crippen LogP contribution in [0.1, 0.15) is 64.8 Å². The zero-order chi connectivity index (χ0) is 15.6. The summed E-state index contributed by atoms with van der Waals surface area (Å²) >= 11 is 3.68. The second-order valence-corrected chi connectivity index (χ2v) is 7.94. The highest BCUT2D eigenvalue weighted by Gasteiger charge is 2.31. The topological polar surface area (TPSA) is 38.0 Å². The summed E-state index contributed by atoms with van der Waals surface area (Å²) in [5, 5.41) is 15.3. The van der Waals surface area contributed by atoms with E-state index in [-0.39, 0.29) is 6.10 Å². The van der Waals surface area contributed by atoms with Gasteiger partial charge in [-0.25, -0.2) is 0 Å². The SMILES string of the molecule is CCc1nn(CC)c(CC(O)C2CCC(C)(C)CC2)c1Br. The molecule has 120 valence electrons. The Morgan fingerprint density at radius 1 is 1.33 bits per heavy atom. The van der Waals surface area contributed by atoms with Crippen molar-refractivity contribution in [3.05, 3.63) is 15.9 Å². The lowest BCUT2D eigenvalue weighted by molar-refractivity contribution is 0.0562. The molecular formula is C17H29BrN2O. The van der Waals surface area contributed by atoms with Crippen LogP contribution in [0.5, 0.6) is 0 Å². The van der Waals surface area contributed by atoms with E-state index in [2.05, 4.69) is 48.7 Å². The molecule has 0 bridgehead atoms. The summed E-state index contributed by atoms with van der Waals surface area (Å²) in [4.78, 5) is 0. The fraction of sp³-hybridized carbons (Fsp3) is 0.824. The second-order valence-electron chi connectivity index (χ2n) is 7.15. The van der Waals surface area contributed by atoms with Gasteiger partial charge in [0.15, 0.2) is 0 Å². The van der Waals surface area contributed by atoms with Gasteiger partial charge in [0.2, 0.25) is 0 Å². The Kier molecular flexibility index (Phi) is 5.53. The molecule has 3 nitrogen and oxygen atoms in total. The summed E-state index contributed by atoms with van der Waals surface area (Å²) in [5.41, 5.74) is 2.72. The van der Waals surface area contributed by atoms with E-state index in [1.165, 1.54) is 12.8 Å². The van der Waals surface area contributed by atoms with E-state index < -0.39 is 0 Å². The van der Waals surface area contributed by atoms with Crippen LogP contribution in [0, 0.1) is 11.3 Å². The minimum Gasteiger partial charge on any atom is -0.392 e. The summed E-state index contributed by atoms with van der Waals surface area (Å²) in [6.07, 6.45) is 6.14. The summed E-state index contributed by atoms with van der Waals surface area (Å²) in [6, 6.07) is 0. The lowest BCUT2D eigenvalue weighted by Crippen LogP contribution is -2.31. The molecule has 0 aromatic carbocycles. The highest BCUT2D eigenvalue weighted by atomic mass is 79.9. The van der Waals surface area contributed by atoms with Crippen molar-refractivity contribution in [1.29, 1.82) is 0 Å². The van der Waals surface area contributed by atoms with Crippen molar-refractivity contribution in [2.75, 3.05) is 0 Å². The number of aryl methyl sites for hydroxylation is 2. The average Bonchev–Trinajstić information content (AvgIpc) is 2.75. The molecule has 4 heteroatoms. The minimum absolute atomic E-state index is 0.246. The molecule has 0 amide bonds. The van der Waals surface area contributed by atoms with E-state index in [1.807, 2.05) is 4.68 Å². The number of hydrogen-bond donors (Lipinski definition) is 1. The Bertz CT molecular complexity index is 471. The quantitative estimate of drug-likeness (QED) is 0.851. The van der Waals surface area contributed by atoms with Gasteiger partial charge in [-0.15, -0.1) is 0 Å². The standard InChI is InChI=1S/C17H29BrN2O/c1-5-13-16(18)14(20(6-2)19-13)11-15(21)12-7-9-17(3,4)10-8-12/h12,15,21H,5-11H2,1-4H3. The van der Waals surface area contributed by atoms with Crippen LogP contribution in [0.15, 0.2) is 4.47 Å². The Labute approximate surface area is 137 Å². The van der Waals surface area contributed by atoms with Gasteiger partial charge in [-0.2, -0.15) is 5.10 Å². The van der Waals surface area contributed by atoms with Gasteiger partial charge >= 0.3 is 0 Å². The maximum atomic E-state index is 10.7. The number of aliphatic hydroxyl groups excluding tert-OH is 1. The van der Waals surface area contributed by atoms with Crippen molar-refractivity contribution in [3.8, 4) is 0 Å². The molecule has 0 saturated heterocycles. The van der Waals surface area contributed by atoms with Crippen molar-refractivity contribution < 1.29 is 5.11 Å². The van der Waals surface area contributed by atoms with Crippen LogP contribution in [-0.2, 0) is 19.4 Å². The first-order valence-corrected chi connectivity index (χ1v) is 9.09. The molecule has 1 fully saturated rings. The van der Waals surface area contributed by atoms with Gasteiger partial charge in [-0.05, 0) is 66.3 Å².